The zero-order chi connectivity index (χ0) is 15.1. The number of amides is 1. The molecule has 0 bridgehead atoms. The van der Waals surface area contributed by atoms with E-state index in [-0.39, 0.29) is 5.91 Å². The molecule has 6 nitrogen and oxygen atoms in total. The van der Waals surface area contributed by atoms with Crippen LogP contribution in [-0.2, 0) is 16.5 Å². The highest BCUT2D eigenvalue weighted by molar-refractivity contribution is 5.92. The smallest absolute Gasteiger partial charge is 0.270 e. The van der Waals surface area contributed by atoms with Crippen LogP contribution >= 0.6 is 0 Å². The fraction of sp³-hybridized carbons (Fsp3) is 0.667. The molecule has 0 saturated carbocycles. The van der Waals surface area contributed by atoms with E-state index in [1.165, 1.54) is 0 Å². The van der Waals surface area contributed by atoms with Crippen molar-refractivity contribution in [3.8, 4) is 0 Å². The molecule has 1 saturated heterocycles. The number of aromatic nitrogens is 1. The van der Waals surface area contributed by atoms with Gasteiger partial charge in [-0.05, 0) is 12.1 Å². The molecule has 1 amide bonds. The molecule has 0 aliphatic carbocycles. The third-order valence-corrected chi connectivity index (χ3v) is 3.81. The lowest BCUT2D eigenvalue weighted by Crippen LogP contribution is -2.49. The van der Waals surface area contributed by atoms with Gasteiger partial charge in [-0.2, -0.15) is 0 Å². The molecule has 2 heterocycles. The van der Waals surface area contributed by atoms with Crippen LogP contribution in [0.15, 0.2) is 18.3 Å². The summed E-state index contributed by atoms with van der Waals surface area (Å²) in [5.74, 6) is 0.124. The molecule has 21 heavy (non-hydrogen) atoms. The van der Waals surface area contributed by atoms with Crippen molar-refractivity contribution in [3.05, 3.63) is 24.0 Å². The van der Waals surface area contributed by atoms with Crippen LogP contribution in [0.4, 0.5) is 0 Å². The van der Waals surface area contributed by atoms with Crippen molar-refractivity contribution in [2.24, 2.45) is 7.05 Å². The summed E-state index contributed by atoms with van der Waals surface area (Å²) in [5.41, 5.74) is 0.756. The molecule has 0 spiro atoms. The molecule has 0 atom stereocenters. The zero-order valence-electron chi connectivity index (χ0n) is 13.0. The average Bonchev–Trinajstić information content (AvgIpc) is 2.93. The molecular weight excluding hydrogens is 270 g/mol. The number of methoxy groups -OCH3 is 1. The monoisotopic (exact) mass is 295 g/mol. The molecule has 0 radical (unpaired) electrons. The Hall–Kier alpha value is -1.37. The van der Waals surface area contributed by atoms with Gasteiger partial charge in [0.2, 0.25) is 0 Å². The normalized spacial score (nSPS) is 16.4. The van der Waals surface area contributed by atoms with Crippen molar-refractivity contribution >= 4 is 5.91 Å². The second-order valence-corrected chi connectivity index (χ2v) is 5.24. The Morgan fingerprint density at radius 2 is 1.95 bits per heavy atom. The summed E-state index contributed by atoms with van der Waals surface area (Å²) in [5, 5.41) is 0. The molecule has 1 aromatic heterocycles. The van der Waals surface area contributed by atoms with Gasteiger partial charge in [-0.15, -0.1) is 0 Å². The number of carbonyl (C=O) groups excluding carboxylic acids is 1. The molecule has 1 fully saturated rings. The van der Waals surface area contributed by atoms with Crippen molar-refractivity contribution in [2.45, 2.75) is 0 Å². The molecule has 2 rings (SSSR count). The lowest BCUT2D eigenvalue weighted by Gasteiger charge is -2.34. The molecular formula is C15H25N3O3. The van der Waals surface area contributed by atoms with Crippen molar-refractivity contribution in [1.82, 2.24) is 14.4 Å². The summed E-state index contributed by atoms with van der Waals surface area (Å²) < 4.78 is 12.3. The first-order chi connectivity index (χ1) is 10.2. The van der Waals surface area contributed by atoms with E-state index in [1.54, 1.807) is 7.11 Å². The Morgan fingerprint density at radius 1 is 1.19 bits per heavy atom. The van der Waals surface area contributed by atoms with Crippen LogP contribution in [0.1, 0.15) is 10.5 Å². The Morgan fingerprint density at radius 3 is 2.57 bits per heavy atom. The Kier molecular flexibility index (Phi) is 6.22. The lowest BCUT2D eigenvalue weighted by atomic mass is 10.2. The van der Waals surface area contributed by atoms with Gasteiger partial charge in [0.05, 0.1) is 19.8 Å². The lowest BCUT2D eigenvalue weighted by molar-refractivity contribution is 0.0417. The SMILES string of the molecule is COCCOCCN1CCN(C(=O)c2cccn2C)CC1. The molecule has 0 aromatic carbocycles. The first-order valence-corrected chi connectivity index (χ1v) is 7.42. The van der Waals surface area contributed by atoms with Crippen molar-refractivity contribution in [1.29, 1.82) is 0 Å². The summed E-state index contributed by atoms with van der Waals surface area (Å²) in [6, 6.07) is 3.78. The van der Waals surface area contributed by atoms with Crippen LogP contribution in [0.2, 0.25) is 0 Å². The molecule has 1 aliphatic rings. The van der Waals surface area contributed by atoms with Gasteiger partial charge >= 0.3 is 0 Å². The van der Waals surface area contributed by atoms with E-state index in [9.17, 15) is 4.79 Å². The number of hydrogen-bond donors (Lipinski definition) is 0. The van der Waals surface area contributed by atoms with E-state index in [0.717, 1.165) is 45.0 Å². The number of nitrogens with zero attached hydrogens (tertiary/aromatic N) is 3. The number of ether oxygens (including phenoxy) is 2. The van der Waals surface area contributed by atoms with Gasteiger partial charge in [0.15, 0.2) is 0 Å². The Balaban J connectivity index is 1.68. The number of piperazine rings is 1. The predicted molar refractivity (Wildman–Crippen MR) is 80.5 cm³/mol. The van der Waals surface area contributed by atoms with Gasteiger partial charge < -0.3 is 18.9 Å². The number of aryl methyl sites for hydroxylation is 1. The standard InChI is InChI=1S/C15H25N3O3/c1-16-5-3-4-14(16)15(19)18-8-6-17(7-9-18)10-11-21-13-12-20-2/h3-5H,6-13H2,1-2H3. The number of carbonyl (C=O) groups is 1. The van der Waals surface area contributed by atoms with Crippen LogP contribution in [0.3, 0.4) is 0 Å². The highest BCUT2D eigenvalue weighted by atomic mass is 16.5. The first kappa shape index (κ1) is 16.0. The maximum absolute atomic E-state index is 12.4. The molecule has 1 aromatic rings. The topological polar surface area (TPSA) is 46.9 Å². The average molecular weight is 295 g/mol. The summed E-state index contributed by atoms with van der Waals surface area (Å²) in [4.78, 5) is 16.6. The third-order valence-electron chi connectivity index (χ3n) is 3.81. The van der Waals surface area contributed by atoms with E-state index in [2.05, 4.69) is 4.90 Å². The largest absolute Gasteiger partial charge is 0.382 e. The van der Waals surface area contributed by atoms with Gasteiger partial charge in [-0.3, -0.25) is 9.69 Å². The molecule has 0 unspecified atom stereocenters. The minimum Gasteiger partial charge on any atom is -0.382 e. The van der Waals surface area contributed by atoms with Crippen LogP contribution in [0.25, 0.3) is 0 Å². The summed E-state index contributed by atoms with van der Waals surface area (Å²) in [6.45, 7) is 6.28. The first-order valence-electron chi connectivity index (χ1n) is 7.42. The van der Waals surface area contributed by atoms with Crippen molar-refractivity contribution < 1.29 is 14.3 Å². The van der Waals surface area contributed by atoms with Crippen LogP contribution in [0, 0.1) is 0 Å². The Bertz CT molecular complexity index is 439. The van der Waals surface area contributed by atoms with E-state index in [1.807, 2.05) is 34.8 Å². The summed E-state index contributed by atoms with van der Waals surface area (Å²) >= 11 is 0. The second-order valence-electron chi connectivity index (χ2n) is 5.24. The fourth-order valence-electron chi connectivity index (χ4n) is 2.46. The minimum absolute atomic E-state index is 0.124. The second kappa shape index (κ2) is 8.17. The molecule has 1 aliphatic heterocycles. The third kappa shape index (κ3) is 4.56. The van der Waals surface area contributed by atoms with E-state index >= 15 is 0 Å². The number of hydrogen-bond acceptors (Lipinski definition) is 4. The van der Waals surface area contributed by atoms with Crippen LogP contribution in [-0.4, -0.2) is 79.9 Å². The number of rotatable bonds is 7. The fourth-order valence-corrected chi connectivity index (χ4v) is 2.46. The summed E-state index contributed by atoms with van der Waals surface area (Å²) in [6.07, 6.45) is 1.90. The minimum atomic E-state index is 0.124. The van der Waals surface area contributed by atoms with Crippen molar-refractivity contribution in [3.63, 3.8) is 0 Å². The van der Waals surface area contributed by atoms with Crippen LogP contribution < -0.4 is 0 Å². The zero-order valence-corrected chi connectivity index (χ0v) is 13.0. The van der Waals surface area contributed by atoms with E-state index in [0.29, 0.717) is 13.2 Å². The molecule has 6 heteroatoms. The maximum atomic E-state index is 12.4. The van der Waals surface area contributed by atoms with Gasteiger partial charge in [0, 0.05) is 53.1 Å². The van der Waals surface area contributed by atoms with Gasteiger partial charge in [0.25, 0.3) is 5.91 Å². The Labute approximate surface area is 126 Å². The highest BCUT2D eigenvalue weighted by Gasteiger charge is 2.23. The summed E-state index contributed by atoms with van der Waals surface area (Å²) in [7, 11) is 3.58. The quantitative estimate of drug-likeness (QED) is 0.685. The van der Waals surface area contributed by atoms with Crippen LogP contribution in [0.5, 0.6) is 0 Å². The molecule has 0 N–H and O–H groups in total. The van der Waals surface area contributed by atoms with Gasteiger partial charge in [0.1, 0.15) is 5.69 Å². The van der Waals surface area contributed by atoms with Crippen molar-refractivity contribution in [2.75, 3.05) is 59.7 Å². The van der Waals surface area contributed by atoms with Gasteiger partial charge in [-0.1, -0.05) is 0 Å². The van der Waals surface area contributed by atoms with E-state index < -0.39 is 0 Å². The predicted octanol–water partition coefficient (Wildman–Crippen LogP) is 0.446. The molecule has 118 valence electrons. The highest BCUT2D eigenvalue weighted by Crippen LogP contribution is 2.09. The van der Waals surface area contributed by atoms with Gasteiger partial charge in [-0.25, -0.2) is 0 Å². The van der Waals surface area contributed by atoms with E-state index in [4.69, 9.17) is 9.47 Å². The maximum Gasteiger partial charge on any atom is 0.270 e.